The van der Waals surface area contributed by atoms with E-state index in [4.69, 9.17) is 0 Å². The van der Waals surface area contributed by atoms with Gasteiger partial charge in [0.25, 0.3) is 5.95 Å². The van der Waals surface area contributed by atoms with E-state index in [-0.39, 0.29) is 35.6 Å². The van der Waals surface area contributed by atoms with Gasteiger partial charge in [0.1, 0.15) is 5.75 Å². The number of hydrogen-bond donors (Lipinski definition) is 0. The van der Waals surface area contributed by atoms with E-state index >= 15 is 0 Å². The molecule has 0 spiro atoms. The van der Waals surface area contributed by atoms with Crippen molar-refractivity contribution in [1.29, 1.82) is 0 Å². The fourth-order valence-electron chi connectivity index (χ4n) is 6.01. The highest BCUT2D eigenvalue weighted by Crippen LogP contribution is 2.46. The molecule has 1 aliphatic heterocycles. The molecule has 17 heteroatoms. The van der Waals surface area contributed by atoms with Crippen molar-refractivity contribution in [2.24, 2.45) is 13.0 Å². The van der Waals surface area contributed by atoms with Crippen LogP contribution in [0.2, 0.25) is 0 Å². The number of anilines is 2. The smallest absolute Gasteiger partial charge is 0.406 e. The molecule has 0 radical (unpaired) electrons. The third kappa shape index (κ3) is 8.50. The Morgan fingerprint density at radius 2 is 1.62 bits per heavy atom. The molecule has 1 aromatic heterocycles. The van der Waals surface area contributed by atoms with Gasteiger partial charge in [-0.25, -0.2) is 0 Å². The highest BCUT2D eigenvalue weighted by atomic mass is 19.4. The van der Waals surface area contributed by atoms with Crippen LogP contribution in [0.5, 0.6) is 5.75 Å². The maximum Gasteiger partial charge on any atom is 0.573 e. The summed E-state index contributed by atoms with van der Waals surface area (Å²) in [5, 5.41) is 11.9. The molecule has 0 bridgehead atoms. The standard InChI is InChI=1S/C31H35F9N6O2/c1-5-8-9-19(6-2)27(47)46-22(7-3)15-26(24-16-23(10-11-25(24)46)48-31(38,39)40)45(28-41-43-44(4)42-28)17-18-12-20(29(32,33)34)14-21(13-18)30(35,36)37/h10-14,16,19,22,26H,5-9,15,17H2,1-4H3/t19?,22-,26+/m1/s1. The maximum atomic E-state index is 14.0. The predicted octanol–water partition coefficient (Wildman–Crippen LogP) is 8.63. The van der Waals surface area contributed by atoms with Crippen molar-refractivity contribution in [3.63, 3.8) is 0 Å². The number of carbonyl (C=O) groups is 1. The third-order valence-electron chi connectivity index (χ3n) is 8.30. The monoisotopic (exact) mass is 694 g/mol. The maximum absolute atomic E-state index is 14.0. The number of tetrazole rings is 1. The molecule has 3 atom stereocenters. The largest absolute Gasteiger partial charge is 0.573 e. The predicted molar refractivity (Wildman–Crippen MR) is 157 cm³/mol. The molecule has 1 amide bonds. The molecule has 2 heterocycles. The molecular weight excluding hydrogens is 659 g/mol. The van der Waals surface area contributed by atoms with Crippen LogP contribution < -0.4 is 14.5 Å². The second kappa shape index (κ2) is 14.2. The summed E-state index contributed by atoms with van der Waals surface area (Å²) < 4.78 is 127. The lowest BCUT2D eigenvalue weighted by Gasteiger charge is -2.45. The number of ether oxygens (including phenoxy) is 1. The molecule has 1 aliphatic rings. The van der Waals surface area contributed by atoms with Crippen LogP contribution in [0, 0.1) is 5.92 Å². The Morgan fingerprint density at radius 3 is 2.12 bits per heavy atom. The van der Waals surface area contributed by atoms with E-state index in [0.29, 0.717) is 31.4 Å². The summed E-state index contributed by atoms with van der Waals surface area (Å²) in [4.78, 5) is 17.9. The molecule has 4 rings (SSSR count). The second-order valence-electron chi connectivity index (χ2n) is 11.7. The summed E-state index contributed by atoms with van der Waals surface area (Å²) in [7, 11) is 1.39. The van der Waals surface area contributed by atoms with E-state index in [2.05, 4.69) is 20.1 Å². The Morgan fingerprint density at radius 1 is 0.979 bits per heavy atom. The van der Waals surface area contributed by atoms with E-state index in [1.807, 2.05) is 13.8 Å². The lowest BCUT2D eigenvalue weighted by Crippen LogP contribution is -2.49. The number of rotatable bonds is 11. The van der Waals surface area contributed by atoms with Gasteiger partial charge in [0, 0.05) is 29.8 Å². The van der Waals surface area contributed by atoms with Gasteiger partial charge in [-0.3, -0.25) is 4.79 Å². The minimum Gasteiger partial charge on any atom is -0.406 e. The average molecular weight is 695 g/mol. The zero-order valence-electron chi connectivity index (χ0n) is 26.5. The van der Waals surface area contributed by atoms with Crippen molar-refractivity contribution in [3.05, 3.63) is 58.7 Å². The second-order valence-corrected chi connectivity index (χ2v) is 11.7. The van der Waals surface area contributed by atoms with E-state index in [9.17, 15) is 44.3 Å². The van der Waals surface area contributed by atoms with E-state index in [1.165, 1.54) is 18.0 Å². The van der Waals surface area contributed by atoms with Gasteiger partial charge >= 0.3 is 18.7 Å². The molecule has 0 fully saturated rings. The fraction of sp³-hybridized carbons (Fsp3) is 0.548. The molecule has 2 aromatic carbocycles. The number of unbranched alkanes of at least 4 members (excludes halogenated alkanes) is 1. The number of carbonyl (C=O) groups excluding carboxylic acids is 1. The topological polar surface area (TPSA) is 76.4 Å². The van der Waals surface area contributed by atoms with Crippen LogP contribution in [0.3, 0.4) is 0 Å². The highest BCUT2D eigenvalue weighted by molar-refractivity contribution is 5.97. The van der Waals surface area contributed by atoms with Gasteiger partial charge in [0.2, 0.25) is 5.91 Å². The molecule has 8 nitrogen and oxygen atoms in total. The summed E-state index contributed by atoms with van der Waals surface area (Å²) in [5.74, 6) is -1.46. The van der Waals surface area contributed by atoms with Gasteiger partial charge in [-0.2, -0.15) is 31.1 Å². The fourth-order valence-corrected chi connectivity index (χ4v) is 6.01. The first kappa shape index (κ1) is 36.8. The average Bonchev–Trinajstić information content (AvgIpc) is 3.43. The van der Waals surface area contributed by atoms with Crippen LogP contribution in [0.4, 0.5) is 51.1 Å². The Kier molecular flexibility index (Phi) is 10.9. The summed E-state index contributed by atoms with van der Waals surface area (Å²) in [6.45, 7) is 5.02. The summed E-state index contributed by atoms with van der Waals surface area (Å²) in [5.41, 5.74) is -3.13. The number of halogens is 9. The first-order valence-corrected chi connectivity index (χ1v) is 15.4. The zero-order chi connectivity index (χ0) is 35.6. The summed E-state index contributed by atoms with van der Waals surface area (Å²) in [6.07, 6.45) is -12.2. The molecule has 0 aliphatic carbocycles. The number of aromatic nitrogens is 4. The molecule has 264 valence electrons. The number of nitrogens with zero attached hydrogens (tertiary/aromatic N) is 6. The molecule has 0 saturated heterocycles. The van der Waals surface area contributed by atoms with Gasteiger partial charge in [-0.15, -0.1) is 18.3 Å². The Bertz CT molecular complexity index is 1540. The van der Waals surface area contributed by atoms with Gasteiger partial charge < -0.3 is 14.5 Å². The van der Waals surface area contributed by atoms with Gasteiger partial charge in [0.05, 0.1) is 24.2 Å². The van der Waals surface area contributed by atoms with Gasteiger partial charge in [0.15, 0.2) is 0 Å². The SMILES string of the molecule is CCCCC(CC)C(=O)N1c2ccc(OC(F)(F)F)cc2[C@@H](N(Cc2cc(C(F)(F)F)cc(C(F)(F)F)c2)c2nnn(C)n2)C[C@H]1CC. The zero-order valence-corrected chi connectivity index (χ0v) is 26.5. The highest BCUT2D eigenvalue weighted by Gasteiger charge is 2.42. The first-order valence-electron chi connectivity index (χ1n) is 15.4. The number of benzene rings is 2. The van der Waals surface area contributed by atoms with Crippen LogP contribution in [0.15, 0.2) is 36.4 Å². The molecule has 3 aromatic rings. The van der Waals surface area contributed by atoms with Crippen molar-refractivity contribution in [3.8, 4) is 5.75 Å². The van der Waals surface area contributed by atoms with Crippen molar-refractivity contribution >= 4 is 17.5 Å². The lowest BCUT2D eigenvalue weighted by atomic mass is 9.86. The minimum atomic E-state index is -5.12. The van der Waals surface area contributed by atoms with Gasteiger partial charge in [-0.1, -0.05) is 38.7 Å². The van der Waals surface area contributed by atoms with Crippen molar-refractivity contribution in [1.82, 2.24) is 20.2 Å². The van der Waals surface area contributed by atoms with E-state index < -0.39 is 65.7 Å². The Hall–Kier alpha value is -4.05. The summed E-state index contributed by atoms with van der Waals surface area (Å²) in [6, 6.07) is 3.00. The molecule has 48 heavy (non-hydrogen) atoms. The number of hydrogen-bond acceptors (Lipinski definition) is 6. The number of fused-ring (bicyclic) bond motifs is 1. The van der Waals surface area contributed by atoms with Crippen LogP contribution >= 0.6 is 0 Å². The van der Waals surface area contributed by atoms with Crippen molar-refractivity contribution < 1.29 is 49.0 Å². The van der Waals surface area contributed by atoms with E-state index in [1.54, 1.807) is 11.8 Å². The first-order chi connectivity index (χ1) is 22.4. The van der Waals surface area contributed by atoms with Crippen molar-refractivity contribution in [2.45, 2.75) is 96.6 Å². The third-order valence-corrected chi connectivity index (χ3v) is 8.30. The van der Waals surface area contributed by atoms with Gasteiger partial charge in [-0.05, 0) is 72.9 Å². The number of aryl methyl sites for hydroxylation is 1. The molecule has 0 N–H and O–H groups in total. The normalized spacial score (nSPS) is 17.6. The molecule has 0 saturated carbocycles. The quantitative estimate of drug-likeness (QED) is 0.187. The van der Waals surface area contributed by atoms with Crippen LogP contribution in [0.1, 0.15) is 87.6 Å². The number of amides is 1. The summed E-state index contributed by atoms with van der Waals surface area (Å²) >= 11 is 0. The van der Waals surface area contributed by atoms with Crippen LogP contribution in [-0.4, -0.2) is 38.5 Å². The Balaban J connectivity index is 1.92. The minimum absolute atomic E-state index is 0.00433. The molecular formula is C31H35F9N6O2. The number of alkyl halides is 9. The Labute approximate surface area is 270 Å². The van der Waals surface area contributed by atoms with Crippen LogP contribution in [0.25, 0.3) is 0 Å². The molecule has 1 unspecified atom stereocenters. The van der Waals surface area contributed by atoms with Crippen molar-refractivity contribution in [2.75, 3.05) is 9.80 Å². The van der Waals surface area contributed by atoms with E-state index in [0.717, 1.165) is 29.8 Å². The van der Waals surface area contributed by atoms with Crippen LogP contribution in [-0.2, 0) is 30.7 Å². The lowest BCUT2D eigenvalue weighted by molar-refractivity contribution is -0.274.